The van der Waals surface area contributed by atoms with Crippen LogP contribution in [0.2, 0.25) is 5.02 Å². The van der Waals surface area contributed by atoms with Gasteiger partial charge < -0.3 is 30.1 Å². The average molecular weight is 743 g/mol. The van der Waals surface area contributed by atoms with Crippen LogP contribution < -0.4 is 11.1 Å². The molecule has 2 unspecified atom stereocenters. The molecule has 2 amide bonds. The number of nitrogens with zero attached hydrogens (tertiary/aromatic N) is 7. The van der Waals surface area contributed by atoms with Crippen LogP contribution in [0.25, 0.3) is 17.1 Å². The predicted octanol–water partition coefficient (Wildman–Crippen LogP) is 4.44. The minimum Gasteiger partial charge on any atom is -0.397 e. The standard InChI is InChI=1S/C35H39ClF3N9O4/c1-45-28(26-18-47(44-31(26)35(37,38)39)29-7-4-22(40)16-41-29)17-42-32(45)33(51)43-23-5-6-25(27(36)15-23)34(52)46-11-8-20(9-12-46)30(50)21-10-13-48(2,3)24(14-21)19-49/h4-7,15-18,20-21,24,49H,8-14,19,40H2,1-3H3/p+1. The van der Waals surface area contributed by atoms with E-state index in [1.807, 2.05) is 0 Å². The van der Waals surface area contributed by atoms with Gasteiger partial charge in [0.25, 0.3) is 11.8 Å². The number of imidazole rings is 1. The van der Waals surface area contributed by atoms with E-state index in [-0.39, 0.29) is 75.3 Å². The summed E-state index contributed by atoms with van der Waals surface area (Å²) in [7, 11) is 5.56. The molecule has 276 valence electrons. The molecule has 52 heavy (non-hydrogen) atoms. The molecule has 0 radical (unpaired) electrons. The maximum Gasteiger partial charge on any atom is 0.435 e. The van der Waals surface area contributed by atoms with Crippen LogP contribution in [-0.2, 0) is 18.0 Å². The summed E-state index contributed by atoms with van der Waals surface area (Å²) in [6.07, 6.45) is 1.32. The molecule has 6 rings (SSSR count). The van der Waals surface area contributed by atoms with Crippen molar-refractivity contribution in [1.82, 2.24) is 29.2 Å². The number of hydrogen-bond acceptors (Lipinski definition) is 8. The smallest absolute Gasteiger partial charge is 0.397 e. The number of carbonyl (C=O) groups excluding carboxylic acids is 3. The zero-order chi connectivity index (χ0) is 37.5. The van der Waals surface area contributed by atoms with Gasteiger partial charge in [-0.05, 0) is 43.2 Å². The molecule has 2 aliphatic heterocycles. The number of halogens is 4. The summed E-state index contributed by atoms with van der Waals surface area (Å²) in [5.74, 6) is -1.09. The predicted molar refractivity (Wildman–Crippen MR) is 187 cm³/mol. The number of rotatable bonds is 8. The van der Waals surface area contributed by atoms with Crippen molar-refractivity contribution in [3.63, 3.8) is 0 Å². The molecule has 0 bridgehead atoms. The van der Waals surface area contributed by atoms with E-state index in [9.17, 15) is 32.7 Å². The zero-order valence-corrected chi connectivity index (χ0v) is 29.7. The summed E-state index contributed by atoms with van der Waals surface area (Å²) in [4.78, 5) is 49.8. The summed E-state index contributed by atoms with van der Waals surface area (Å²) in [5.41, 5.74) is 4.94. The molecule has 2 saturated heterocycles. The lowest BCUT2D eigenvalue weighted by Crippen LogP contribution is -2.56. The van der Waals surface area contributed by atoms with Gasteiger partial charge in [-0.1, -0.05) is 11.6 Å². The fourth-order valence-electron chi connectivity index (χ4n) is 7.07. The number of hydrogen-bond donors (Lipinski definition) is 3. The first-order valence-corrected chi connectivity index (χ1v) is 17.2. The maximum absolute atomic E-state index is 14.0. The number of likely N-dealkylation sites (tertiary alicyclic amines) is 2. The van der Waals surface area contributed by atoms with Crippen LogP contribution in [-0.4, -0.2) is 103 Å². The van der Waals surface area contributed by atoms with Crippen molar-refractivity contribution in [3.8, 4) is 17.1 Å². The Labute approximate surface area is 302 Å². The van der Waals surface area contributed by atoms with Gasteiger partial charge in [-0.15, -0.1) is 0 Å². The molecule has 5 heterocycles. The van der Waals surface area contributed by atoms with Crippen molar-refractivity contribution in [2.75, 3.05) is 51.4 Å². The summed E-state index contributed by atoms with van der Waals surface area (Å²) < 4.78 is 45.0. The SMILES string of the molecule is Cn1c(-c2cn(-c3ccc(N)cn3)nc2C(F)(F)F)cnc1C(=O)Nc1ccc(C(=O)N2CCC(C(=O)C3CC[N+](C)(C)C(CO)C3)CC2)c(Cl)c1. The molecule has 2 aliphatic rings. The van der Waals surface area contributed by atoms with Gasteiger partial charge in [-0.25, -0.2) is 14.6 Å². The van der Waals surface area contributed by atoms with Crippen LogP contribution in [0, 0.1) is 11.8 Å². The van der Waals surface area contributed by atoms with Crippen molar-refractivity contribution in [3.05, 3.63) is 71.0 Å². The molecule has 0 spiro atoms. The van der Waals surface area contributed by atoms with Crippen molar-refractivity contribution < 1.29 is 37.1 Å². The fraction of sp³-hybridized carbons (Fsp3) is 0.429. The van der Waals surface area contributed by atoms with Gasteiger partial charge in [0.15, 0.2) is 17.3 Å². The number of nitrogens with one attached hydrogen (secondary N) is 1. The number of nitrogens with two attached hydrogens (primary N) is 1. The molecule has 17 heteroatoms. The first kappa shape index (κ1) is 37.0. The van der Waals surface area contributed by atoms with Crippen LogP contribution in [0.5, 0.6) is 0 Å². The van der Waals surface area contributed by atoms with Crippen LogP contribution in [0.4, 0.5) is 24.5 Å². The number of nitrogen functional groups attached to an aromatic ring is 1. The zero-order valence-electron chi connectivity index (χ0n) is 28.9. The summed E-state index contributed by atoms with van der Waals surface area (Å²) >= 11 is 6.52. The summed E-state index contributed by atoms with van der Waals surface area (Å²) in [6.45, 7) is 1.67. The molecule has 0 aliphatic carbocycles. The van der Waals surface area contributed by atoms with Crippen molar-refractivity contribution in [2.24, 2.45) is 18.9 Å². The van der Waals surface area contributed by atoms with Crippen LogP contribution in [0.3, 0.4) is 0 Å². The largest absolute Gasteiger partial charge is 0.435 e. The monoisotopic (exact) mass is 742 g/mol. The van der Waals surface area contributed by atoms with E-state index in [4.69, 9.17) is 17.3 Å². The van der Waals surface area contributed by atoms with Gasteiger partial charge in [-0.2, -0.15) is 18.3 Å². The van der Waals surface area contributed by atoms with Gasteiger partial charge in [0.2, 0.25) is 0 Å². The molecular formula is C35H40ClF3N9O4+. The maximum atomic E-state index is 14.0. The number of Topliss-reactive ketones (excluding diaryl/α,β-unsaturated/α-hetero) is 1. The number of likely N-dealkylation sites (N-methyl/N-ethyl adjacent to an activating group) is 1. The third-order valence-electron chi connectivity index (χ3n) is 10.3. The van der Waals surface area contributed by atoms with Crippen LogP contribution in [0.15, 0.2) is 48.9 Å². The molecule has 4 aromatic rings. The van der Waals surface area contributed by atoms with Crippen LogP contribution >= 0.6 is 11.6 Å². The Morgan fingerprint density at radius 1 is 1.06 bits per heavy atom. The Bertz CT molecular complexity index is 1990. The van der Waals surface area contributed by atoms with Crippen LogP contribution in [0.1, 0.15) is 52.4 Å². The molecule has 13 nitrogen and oxygen atoms in total. The quantitative estimate of drug-likeness (QED) is 0.223. The highest BCUT2D eigenvalue weighted by Gasteiger charge is 2.42. The Morgan fingerprint density at radius 3 is 2.42 bits per heavy atom. The number of piperidine rings is 2. The summed E-state index contributed by atoms with van der Waals surface area (Å²) in [5, 5.41) is 16.3. The van der Waals surface area contributed by atoms with Crippen molar-refractivity contribution in [1.29, 1.82) is 0 Å². The van der Waals surface area contributed by atoms with E-state index in [2.05, 4.69) is 34.5 Å². The van der Waals surface area contributed by atoms with E-state index in [1.54, 1.807) is 4.90 Å². The Kier molecular flexibility index (Phi) is 10.2. The third-order valence-corrected chi connectivity index (χ3v) is 10.6. The first-order chi connectivity index (χ1) is 24.6. The number of ketones is 1. The van der Waals surface area contributed by atoms with E-state index in [1.165, 1.54) is 48.1 Å². The fourth-order valence-corrected chi connectivity index (χ4v) is 7.33. The lowest BCUT2D eigenvalue weighted by atomic mass is 9.79. The van der Waals surface area contributed by atoms with Crippen molar-refractivity contribution in [2.45, 2.75) is 37.9 Å². The molecule has 2 fully saturated rings. The minimum absolute atomic E-state index is 0.0140. The van der Waals surface area contributed by atoms with Gasteiger partial charge >= 0.3 is 6.18 Å². The Balaban J connectivity index is 1.10. The number of carbonyl (C=O) groups is 3. The number of amides is 2. The summed E-state index contributed by atoms with van der Waals surface area (Å²) in [6, 6.07) is 7.35. The number of pyridine rings is 1. The highest BCUT2D eigenvalue weighted by molar-refractivity contribution is 6.34. The lowest BCUT2D eigenvalue weighted by molar-refractivity contribution is -0.921. The highest BCUT2D eigenvalue weighted by atomic mass is 35.5. The Hall–Kier alpha value is -4.80. The molecule has 4 N–H and O–H groups in total. The van der Waals surface area contributed by atoms with E-state index >= 15 is 0 Å². The molecule has 2 atom stereocenters. The number of quaternary nitrogens is 1. The van der Waals surface area contributed by atoms with Gasteiger partial charge in [0.05, 0.1) is 67.2 Å². The number of aromatic nitrogens is 5. The topological polar surface area (TPSA) is 161 Å². The number of anilines is 2. The second-order valence-corrected chi connectivity index (χ2v) is 14.4. The minimum atomic E-state index is -4.82. The normalized spacial score (nSPS) is 19.4. The second kappa shape index (κ2) is 14.3. The number of alkyl halides is 3. The van der Waals surface area contributed by atoms with E-state index in [0.29, 0.717) is 42.5 Å². The van der Waals surface area contributed by atoms with Crippen molar-refractivity contribution >= 4 is 40.6 Å². The van der Waals surface area contributed by atoms with Gasteiger partial charge in [0.1, 0.15) is 11.8 Å². The highest BCUT2D eigenvalue weighted by Crippen LogP contribution is 2.37. The average Bonchev–Trinajstić information content (AvgIpc) is 3.72. The second-order valence-electron chi connectivity index (χ2n) is 14.0. The number of aliphatic hydroxyl groups is 1. The molecular weight excluding hydrogens is 703 g/mol. The molecule has 3 aromatic heterocycles. The molecule has 1 aromatic carbocycles. The molecule has 0 saturated carbocycles. The van der Waals surface area contributed by atoms with E-state index < -0.39 is 17.8 Å². The lowest BCUT2D eigenvalue weighted by Gasteiger charge is -2.44. The van der Waals surface area contributed by atoms with Gasteiger partial charge in [0, 0.05) is 56.7 Å². The number of benzene rings is 1. The third kappa shape index (κ3) is 7.41. The first-order valence-electron chi connectivity index (χ1n) is 16.9. The number of aliphatic hydroxyl groups excluding tert-OH is 1. The van der Waals surface area contributed by atoms with E-state index in [0.717, 1.165) is 30.0 Å². The van der Waals surface area contributed by atoms with Gasteiger partial charge in [-0.3, -0.25) is 14.4 Å². The Morgan fingerprint density at radius 2 is 1.79 bits per heavy atom.